The van der Waals surface area contributed by atoms with E-state index in [1.54, 1.807) is 11.8 Å². The molecule has 0 amide bonds. The van der Waals surface area contributed by atoms with Crippen LogP contribution in [0.5, 0.6) is 0 Å². The van der Waals surface area contributed by atoms with Gasteiger partial charge in [-0.1, -0.05) is 60.3 Å². The Morgan fingerprint density at radius 2 is 1.56 bits per heavy atom. The second-order valence-corrected chi connectivity index (χ2v) is 7.30. The van der Waals surface area contributed by atoms with Gasteiger partial charge in [0.15, 0.2) is 11.0 Å². The molecule has 0 bridgehead atoms. The lowest BCUT2D eigenvalue weighted by molar-refractivity contribution is 0.508. The molecule has 136 valence electrons. The highest BCUT2D eigenvalue weighted by Crippen LogP contribution is 2.35. The molecule has 4 aromatic rings. The van der Waals surface area contributed by atoms with E-state index >= 15 is 0 Å². The van der Waals surface area contributed by atoms with E-state index in [0.717, 1.165) is 28.7 Å². The summed E-state index contributed by atoms with van der Waals surface area (Å²) < 4.78 is 7.97. The third-order valence-corrected chi connectivity index (χ3v) is 5.22. The first-order valence-corrected chi connectivity index (χ1v) is 9.68. The van der Waals surface area contributed by atoms with Gasteiger partial charge in [-0.05, 0) is 26.0 Å². The minimum Gasteiger partial charge on any atom is -0.419 e. The quantitative estimate of drug-likeness (QED) is 0.447. The topological polar surface area (TPSA) is 69.6 Å². The number of nitrogens with zero attached hydrogens (tertiary/aromatic N) is 5. The van der Waals surface area contributed by atoms with Crippen molar-refractivity contribution in [1.29, 1.82) is 0 Å². The standard InChI is InChI=1S/C20H19N5OS/c1-3-25-17(15-10-6-4-7-11-15)21-24-20(25)27-14(2)18-22-23-19(26-18)16-12-8-5-9-13-16/h4-14H,3H2,1-2H3/t14-/m1/s1. The number of rotatable bonds is 6. The number of aromatic nitrogens is 5. The molecule has 4 rings (SSSR count). The normalized spacial score (nSPS) is 12.2. The summed E-state index contributed by atoms with van der Waals surface area (Å²) >= 11 is 1.56. The molecule has 0 fully saturated rings. The number of hydrogen-bond acceptors (Lipinski definition) is 6. The second kappa shape index (κ2) is 7.75. The van der Waals surface area contributed by atoms with Crippen molar-refractivity contribution in [3.63, 3.8) is 0 Å². The van der Waals surface area contributed by atoms with Crippen molar-refractivity contribution >= 4 is 11.8 Å². The summed E-state index contributed by atoms with van der Waals surface area (Å²) in [6.07, 6.45) is 0. The van der Waals surface area contributed by atoms with Gasteiger partial charge in [0.2, 0.25) is 11.8 Å². The van der Waals surface area contributed by atoms with Crippen LogP contribution in [0.1, 0.15) is 25.0 Å². The monoisotopic (exact) mass is 377 g/mol. The van der Waals surface area contributed by atoms with E-state index < -0.39 is 0 Å². The Morgan fingerprint density at radius 3 is 2.22 bits per heavy atom. The minimum atomic E-state index is -0.0342. The summed E-state index contributed by atoms with van der Waals surface area (Å²) in [5, 5.41) is 18.0. The number of thioether (sulfide) groups is 1. The van der Waals surface area contributed by atoms with E-state index in [9.17, 15) is 0 Å². The predicted octanol–water partition coefficient (Wildman–Crippen LogP) is 4.87. The van der Waals surface area contributed by atoms with Crippen LogP contribution in [0.4, 0.5) is 0 Å². The van der Waals surface area contributed by atoms with Crippen LogP contribution >= 0.6 is 11.8 Å². The van der Waals surface area contributed by atoms with Gasteiger partial charge in [0, 0.05) is 17.7 Å². The fourth-order valence-corrected chi connectivity index (χ4v) is 3.71. The first-order valence-electron chi connectivity index (χ1n) is 8.80. The van der Waals surface area contributed by atoms with Gasteiger partial charge in [-0.25, -0.2) is 0 Å². The molecule has 0 saturated heterocycles. The van der Waals surface area contributed by atoms with Crippen LogP contribution in [0.25, 0.3) is 22.8 Å². The lowest BCUT2D eigenvalue weighted by atomic mass is 10.2. The molecule has 0 unspecified atom stereocenters. The van der Waals surface area contributed by atoms with Gasteiger partial charge in [0.25, 0.3) is 0 Å². The average molecular weight is 377 g/mol. The van der Waals surface area contributed by atoms with Gasteiger partial charge in [0.05, 0.1) is 5.25 Å². The number of hydrogen-bond donors (Lipinski definition) is 0. The van der Waals surface area contributed by atoms with Crippen molar-refractivity contribution in [2.75, 3.05) is 0 Å². The van der Waals surface area contributed by atoms with Crippen LogP contribution in [0.3, 0.4) is 0 Å². The molecule has 0 N–H and O–H groups in total. The van der Waals surface area contributed by atoms with Crippen LogP contribution in [0.15, 0.2) is 70.2 Å². The van der Waals surface area contributed by atoms with Crippen LogP contribution in [-0.2, 0) is 6.54 Å². The summed E-state index contributed by atoms with van der Waals surface area (Å²) in [6, 6.07) is 19.8. The highest BCUT2D eigenvalue weighted by molar-refractivity contribution is 7.99. The zero-order valence-corrected chi connectivity index (χ0v) is 15.9. The summed E-state index contributed by atoms with van der Waals surface area (Å²) in [5.74, 6) is 1.97. The lowest BCUT2D eigenvalue weighted by Gasteiger charge is -2.09. The average Bonchev–Trinajstić information content (AvgIpc) is 3.36. The van der Waals surface area contributed by atoms with Crippen molar-refractivity contribution in [2.24, 2.45) is 0 Å². The molecule has 0 saturated carbocycles. The molecule has 0 aliphatic heterocycles. The molecule has 0 spiro atoms. The van der Waals surface area contributed by atoms with E-state index in [1.807, 2.05) is 67.6 Å². The van der Waals surface area contributed by atoms with E-state index in [0.29, 0.717) is 11.8 Å². The summed E-state index contributed by atoms with van der Waals surface area (Å²) in [6.45, 7) is 4.90. The Balaban J connectivity index is 1.56. The Labute approximate surface area is 161 Å². The van der Waals surface area contributed by atoms with Crippen molar-refractivity contribution in [3.8, 4) is 22.8 Å². The van der Waals surface area contributed by atoms with E-state index in [4.69, 9.17) is 4.42 Å². The van der Waals surface area contributed by atoms with Gasteiger partial charge in [-0.2, -0.15) is 0 Å². The Bertz CT molecular complexity index is 1010. The Morgan fingerprint density at radius 1 is 0.889 bits per heavy atom. The molecule has 2 aromatic heterocycles. The van der Waals surface area contributed by atoms with Gasteiger partial charge in [-0.3, -0.25) is 0 Å². The van der Waals surface area contributed by atoms with Crippen molar-refractivity contribution in [3.05, 3.63) is 66.6 Å². The largest absolute Gasteiger partial charge is 0.419 e. The summed E-state index contributed by atoms with van der Waals surface area (Å²) in [4.78, 5) is 0. The van der Waals surface area contributed by atoms with Crippen molar-refractivity contribution in [2.45, 2.75) is 30.8 Å². The van der Waals surface area contributed by atoms with Crippen LogP contribution < -0.4 is 0 Å². The first kappa shape index (κ1) is 17.5. The molecule has 1 atom stereocenters. The third kappa shape index (κ3) is 3.64. The van der Waals surface area contributed by atoms with Crippen molar-refractivity contribution < 1.29 is 4.42 Å². The number of benzene rings is 2. The maximum Gasteiger partial charge on any atom is 0.247 e. The Kier molecular flexibility index (Phi) is 5.02. The summed E-state index contributed by atoms with van der Waals surface area (Å²) in [7, 11) is 0. The fourth-order valence-electron chi connectivity index (χ4n) is 2.77. The molecular formula is C20H19N5OS. The predicted molar refractivity (Wildman–Crippen MR) is 105 cm³/mol. The molecule has 6 nitrogen and oxygen atoms in total. The van der Waals surface area contributed by atoms with Gasteiger partial charge in [-0.15, -0.1) is 20.4 Å². The van der Waals surface area contributed by atoms with Crippen LogP contribution in [-0.4, -0.2) is 25.0 Å². The summed E-state index contributed by atoms with van der Waals surface area (Å²) in [5.41, 5.74) is 1.96. The first-order chi connectivity index (χ1) is 13.3. The van der Waals surface area contributed by atoms with Crippen LogP contribution in [0, 0.1) is 0 Å². The Hall–Kier alpha value is -2.93. The molecule has 0 aliphatic rings. The third-order valence-electron chi connectivity index (χ3n) is 4.16. The second-order valence-electron chi connectivity index (χ2n) is 5.99. The SMILES string of the molecule is CCn1c(S[C@H](C)c2nnc(-c3ccccc3)o2)nnc1-c1ccccc1. The zero-order chi connectivity index (χ0) is 18.6. The highest BCUT2D eigenvalue weighted by Gasteiger charge is 2.21. The molecule has 27 heavy (non-hydrogen) atoms. The molecular weight excluding hydrogens is 358 g/mol. The molecule has 7 heteroatoms. The van der Waals surface area contributed by atoms with Crippen LogP contribution in [0.2, 0.25) is 0 Å². The maximum atomic E-state index is 5.87. The van der Waals surface area contributed by atoms with E-state index in [2.05, 4.69) is 31.9 Å². The molecule has 0 radical (unpaired) electrons. The molecule has 2 aromatic carbocycles. The fraction of sp³-hybridized carbons (Fsp3) is 0.200. The van der Waals surface area contributed by atoms with E-state index in [-0.39, 0.29) is 5.25 Å². The maximum absolute atomic E-state index is 5.87. The van der Waals surface area contributed by atoms with Gasteiger partial charge in [0.1, 0.15) is 0 Å². The zero-order valence-electron chi connectivity index (χ0n) is 15.1. The van der Waals surface area contributed by atoms with E-state index in [1.165, 1.54) is 0 Å². The van der Waals surface area contributed by atoms with Crippen molar-refractivity contribution in [1.82, 2.24) is 25.0 Å². The van der Waals surface area contributed by atoms with Gasteiger partial charge >= 0.3 is 0 Å². The molecule has 0 aliphatic carbocycles. The minimum absolute atomic E-state index is 0.0342. The molecule has 2 heterocycles. The highest BCUT2D eigenvalue weighted by atomic mass is 32.2. The van der Waals surface area contributed by atoms with Gasteiger partial charge < -0.3 is 8.98 Å². The smallest absolute Gasteiger partial charge is 0.247 e. The lowest BCUT2D eigenvalue weighted by Crippen LogP contribution is -2.01.